The fourth-order valence-corrected chi connectivity index (χ4v) is 1.74. The number of rotatable bonds is 6. The molecule has 0 atom stereocenters. The van der Waals surface area contributed by atoms with Crippen LogP contribution in [0.5, 0.6) is 5.75 Å². The number of ether oxygens (including phenoxy) is 1. The van der Waals surface area contributed by atoms with E-state index in [1.54, 1.807) is 16.9 Å². The summed E-state index contributed by atoms with van der Waals surface area (Å²) in [6, 6.07) is 4.40. The van der Waals surface area contributed by atoms with E-state index >= 15 is 0 Å². The Labute approximate surface area is 115 Å². The molecule has 2 aromatic rings. The third kappa shape index (κ3) is 3.12. The predicted molar refractivity (Wildman–Crippen MR) is 71.3 cm³/mol. The van der Waals surface area contributed by atoms with Gasteiger partial charge in [0.2, 0.25) is 0 Å². The molecule has 0 aliphatic rings. The number of hydrogen-bond donors (Lipinski definition) is 1. The van der Waals surface area contributed by atoms with Crippen LogP contribution in [0.2, 0.25) is 0 Å². The molecule has 1 heterocycles. The summed E-state index contributed by atoms with van der Waals surface area (Å²) in [4.78, 5) is 10.5. The van der Waals surface area contributed by atoms with Crippen molar-refractivity contribution in [1.29, 1.82) is 0 Å². The van der Waals surface area contributed by atoms with Crippen molar-refractivity contribution in [3.8, 4) is 5.75 Å². The SMILES string of the molecule is CCn1cc(COc2ccc(CO)cc2[N+](=O)[O-])cn1. The van der Waals surface area contributed by atoms with Crippen LogP contribution in [0.25, 0.3) is 0 Å². The topological polar surface area (TPSA) is 90.4 Å². The number of benzene rings is 1. The first-order chi connectivity index (χ1) is 9.63. The van der Waals surface area contributed by atoms with E-state index in [2.05, 4.69) is 5.10 Å². The highest BCUT2D eigenvalue weighted by atomic mass is 16.6. The van der Waals surface area contributed by atoms with Gasteiger partial charge in [-0.2, -0.15) is 5.10 Å². The van der Waals surface area contributed by atoms with Gasteiger partial charge >= 0.3 is 5.69 Å². The molecule has 2 rings (SSSR count). The smallest absolute Gasteiger partial charge is 0.311 e. The van der Waals surface area contributed by atoms with E-state index in [-0.39, 0.29) is 24.7 Å². The van der Waals surface area contributed by atoms with Crippen LogP contribution in [0, 0.1) is 10.1 Å². The first-order valence-electron chi connectivity index (χ1n) is 6.16. The van der Waals surface area contributed by atoms with E-state index in [0.29, 0.717) is 5.56 Å². The number of nitro benzene ring substituents is 1. The van der Waals surface area contributed by atoms with Gasteiger partial charge in [0.15, 0.2) is 5.75 Å². The van der Waals surface area contributed by atoms with Crippen molar-refractivity contribution < 1.29 is 14.8 Å². The van der Waals surface area contributed by atoms with Gasteiger partial charge in [-0.3, -0.25) is 14.8 Å². The zero-order valence-corrected chi connectivity index (χ0v) is 11.0. The minimum absolute atomic E-state index is 0.153. The highest BCUT2D eigenvalue weighted by molar-refractivity contribution is 5.48. The predicted octanol–water partition coefficient (Wildman–Crippen LogP) is 1.88. The third-order valence-electron chi connectivity index (χ3n) is 2.81. The maximum absolute atomic E-state index is 11.0. The molecule has 106 valence electrons. The highest BCUT2D eigenvalue weighted by Gasteiger charge is 2.16. The number of aliphatic hydroxyl groups excluding tert-OH is 1. The van der Waals surface area contributed by atoms with Gasteiger partial charge in [-0.15, -0.1) is 0 Å². The molecule has 0 aliphatic heterocycles. The Morgan fingerprint density at radius 3 is 2.85 bits per heavy atom. The lowest BCUT2D eigenvalue weighted by molar-refractivity contribution is -0.386. The molecule has 0 aliphatic carbocycles. The number of hydrogen-bond acceptors (Lipinski definition) is 5. The molecule has 0 bridgehead atoms. The first-order valence-corrected chi connectivity index (χ1v) is 6.16. The maximum atomic E-state index is 11.0. The molecule has 7 nitrogen and oxygen atoms in total. The van der Waals surface area contributed by atoms with Crippen LogP contribution in [0.3, 0.4) is 0 Å². The van der Waals surface area contributed by atoms with E-state index < -0.39 is 4.92 Å². The molecular formula is C13H15N3O4. The zero-order valence-electron chi connectivity index (χ0n) is 11.0. The van der Waals surface area contributed by atoms with Crippen LogP contribution in [0.1, 0.15) is 18.1 Å². The van der Waals surface area contributed by atoms with E-state index in [9.17, 15) is 10.1 Å². The summed E-state index contributed by atoms with van der Waals surface area (Å²) in [5.41, 5.74) is 1.16. The lowest BCUT2D eigenvalue weighted by Crippen LogP contribution is -2.00. The van der Waals surface area contributed by atoms with Gasteiger partial charge in [0, 0.05) is 24.4 Å². The average molecular weight is 277 g/mol. The van der Waals surface area contributed by atoms with Crippen molar-refractivity contribution in [3.63, 3.8) is 0 Å². The fraction of sp³-hybridized carbons (Fsp3) is 0.308. The number of nitrogens with zero attached hydrogens (tertiary/aromatic N) is 3. The van der Waals surface area contributed by atoms with Gasteiger partial charge in [-0.25, -0.2) is 0 Å². The molecule has 0 spiro atoms. The standard InChI is InChI=1S/C13H15N3O4/c1-2-15-7-11(6-14-15)9-20-13-4-3-10(8-17)5-12(13)16(18)19/h3-7,17H,2,8-9H2,1H3. The first kappa shape index (κ1) is 14.0. The molecule has 0 saturated carbocycles. The third-order valence-corrected chi connectivity index (χ3v) is 2.81. The van der Waals surface area contributed by atoms with Crippen LogP contribution >= 0.6 is 0 Å². The molecular weight excluding hydrogens is 262 g/mol. The van der Waals surface area contributed by atoms with Crippen molar-refractivity contribution in [1.82, 2.24) is 9.78 Å². The zero-order chi connectivity index (χ0) is 14.5. The molecule has 1 aromatic carbocycles. The number of aryl methyl sites for hydroxylation is 1. The summed E-state index contributed by atoms with van der Waals surface area (Å²) in [7, 11) is 0. The Bertz CT molecular complexity index is 609. The molecule has 0 unspecified atom stereocenters. The van der Waals surface area contributed by atoms with E-state index in [1.807, 2.05) is 13.1 Å². The van der Waals surface area contributed by atoms with Crippen molar-refractivity contribution in [3.05, 3.63) is 51.8 Å². The van der Waals surface area contributed by atoms with Gasteiger partial charge < -0.3 is 9.84 Å². The molecule has 7 heteroatoms. The van der Waals surface area contributed by atoms with E-state index in [0.717, 1.165) is 12.1 Å². The number of aliphatic hydroxyl groups is 1. The lowest BCUT2D eigenvalue weighted by atomic mass is 10.2. The number of nitro groups is 1. The summed E-state index contributed by atoms with van der Waals surface area (Å²) >= 11 is 0. The van der Waals surface area contributed by atoms with Crippen LogP contribution in [0.15, 0.2) is 30.6 Å². The van der Waals surface area contributed by atoms with Crippen LogP contribution in [-0.4, -0.2) is 19.8 Å². The molecule has 1 aromatic heterocycles. The second-order valence-corrected chi connectivity index (χ2v) is 4.21. The van der Waals surface area contributed by atoms with Crippen LogP contribution in [0.4, 0.5) is 5.69 Å². The van der Waals surface area contributed by atoms with E-state index in [1.165, 1.54) is 12.1 Å². The molecule has 0 radical (unpaired) electrons. The normalized spacial score (nSPS) is 10.5. The molecule has 1 N–H and O–H groups in total. The fourth-order valence-electron chi connectivity index (χ4n) is 1.74. The van der Waals surface area contributed by atoms with Gasteiger partial charge in [-0.05, 0) is 18.6 Å². The Hall–Kier alpha value is -2.41. The van der Waals surface area contributed by atoms with Crippen molar-refractivity contribution in [2.45, 2.75) is 26.7 Å². The Balaban J connectivity index is 2.14. The van der Waals surface area contributed by atoms with Crippen LogP contribution in [-0.2, 0) is 19.8 Å². The molecule has 0 saturated heterocycles. The summed E-state index contributed by atoms with van der Waals surface area (Å²) in [5.74, 6) is 0.177. The van der Waals surface area contributed by atoms with Crippen molar-refractivity contribution in [2.24, 2.45) is 0 Å². The Morgan fingerprint density at radius 2 is 2.25 bits per heavy atom. The number of aromatic nitrogens is 2. The quantitative estimate of drug-likeness (QED) is 0.643. The minimum Gasteiger partial charge on any atom is -0.482 e. The highest BCUT2D eigenvalue weighted by Crippen LogP contribution is 2.28. The van der Waals surface area contributed by atoms with Gasteiger partial charge in [-0.1, -0.05) is 6.07 Å². The largest absolute Gasteiger partial charge is 0.482 e. The Morgan fingerprint density at radius 1 is 1.45 bits per heavy atom. The van der Waals surface area contributed by atoms with Crippen LogP contribution < -0.4 is 4.74 Å². The summed E-state index contributed by atoms with van der Waals surface area (Å²) in [6.07, 6.45) is 3.49. The van der Waals surface area contributed by atoms with Gasteiger partial charge in [0.05, 0.1) is 17.7 Å². The van der Waals surface area contributed by atoms with Gasteiger partial charge in [0.1, 0.15) is 6.61 Å². The second kappa shape index (κ2) is 6.16. The summed E-state index contributed by atoms with van der Waals surface area (Å²) in [5, 5.41) is 24.1. The van der Waals surface area contributed by atoms with Crippen molar-refractivity contribution >= 4 is 5.69 Å². The average Bonchev–Trinajstić information content (AvgIpc) is 2.92. The van der Waals surface area contributed by atoms with Crippen molar-refractivity contribution in [2.75, 3.05) is 0 Å². The molecule has 0 amide bonds. The molecule has 20 heavy (non-hydrogen) atoms. The van der Waals surface area contributed by atoms with E-state index in [4.69, 9.17) is 9.84 Å². The minimum atomic E-state index is -0.524. The molecule has 0 fully saturated rings. The lowest BCUT2D eigenvalue weighted by Gasteiger charge is -2.06. The Kier molecular flexibility index (Phi) is 4.31. The van der Waals surface area contributed by atoms with Gasteiger partial charge in [0.25, 0.3) is 0 Å². The monoisotopic (exact) mass is 277 g/mol. The summed E-state index contributed by atoms with van der Waals surface area (Å²) in [6.45, 7) is 2.69. The maximum Gasteiger partial charge on any atom is 0.311 e. The summed E-state index contributed by atoms with van der Waals surface area (Å²) < 4.78 is 7.22. The second-order valence-electron chi connectivity index (χ2n) is 4.21.